The Morgan fingerprint density at radius 3 is 2.80 bits per heavy atom. The fraction of sp³-hybridized carbons (Fsp3) is 0. The molecular formula is C15H10N4S. The van der Waals surface area contributed by atoms with Crippen LogP contribution in [0.1, 0.15) is 0 Å². The summed E-state index contributed by atoms with van der Waals surface area (Å²) in [5.74, 6) is 0. The average Bonchev–Trinajstić information content (AvgIpc) is 2.95. The quantitative estimate of drug-likeness (QED) is 0.569. The normalized spacial score (nSPS) is 11.2. The van der Waals surface area contributed by atoms with Gasteiger partial charge in [-0.25, -0.2) is 15.0 Å². The summed E-state index contributed by atoms with van der Waals surface area (Å²) in [5.41, 5.74) is 1.55. The number of H-pyrrole nitrogens is 1. The van der Waals surface area contributed by atoms with E-state index in [1.165, 1.54) is 10.8 Å². The van der Waals surface area contributed by atoms with Crippen LogP contribution in [0.4, 0.5) is 0 Å². The molecule has 2 aromatic heterocycles. The van der Waals surface area contributed by atoms with E-state index in [2.05, 4.69) is 50.3 Å². The second-order valence-electron chi connectivity index (χ2n) is 4.40. The van der Waals surface area contributed by atoms with Crippen LogP contribution in [-0.2, 0) is 0 Å². The van der Waals surface area contributed by atoms with E-state index in [1.807, 2.05) is 12.1 Å². The van der Waals surface area contributed by atoms with Crippen molar-refractivity contribution in [1.29, 1.82) is 0 Å². The summed E-state index contributed by atoms with van der Waals surface area (Å²) in [4.78, 5) is 17.0. The number of fused-ring (bicyclic) bond motifs is 2. The van der Waals surface area contributed by atoms with Crippen molar-refractivity contribution in [2.45, 2.75) is 10.1 Å². The molecule has 4 aromatic rings. The summed E-state index contributed by atoms with van der Waals surface area (Å²) in [6.45, 7) is 0. The van der Waals surface area contributed by atoms with E-state index < -0.39 is 0 Å². The topological polar surface area (TPSA) is 54.5 Å². The molecule has 96 valence electrons. The van der Waals surface area contributed by atoms with Crippen molar-refractivity contribution in [1.82, 2.24) is 19.9 Å². The van der Waals surface area contributed by atoms with Crippen LogP contribution in [0, 0.1) is 0 Å². The van der Waals surface area contributed by atoms with Crippen molar-refractivity contribution in [2.24, 2.45) is 0 Å². The number of hydrogen-bond donors (Lipinski definition) is 1. The molecule has 0 aliphatic rings. The Labute approximate surface area is 119 Å². The van der Waals surface area contributed by atoms with E-state index in [9.17, 15) is 0 Å². The smallest absolute Gasteiger partial charge is 0.194 e. The lowest BCUT2D eigenvalue weighted by Crippen LogP contribution is -1.86. The van der Waals surface area contributed by atoms with Crippen molar-refractivity contribution in [2.75, 3.05) is 0 Å². The Kier molecular flexibility index (Phi) is 2.63. The number of aromatic amines is 1. The molecule has 4 rings (SSSR count). The zero-order valence-corrected chi connectivity index (χ0v) is 11.3. The molecule has 2 heterocycles. The maximum absolute atomic E-state index is 4.42. The van der Waals surface area contributed by atoms with E-state index in [-0.39, 0.29) is 0 Å². The third kappa shape index (κ3) is 2.02. The number of benzene rings is 2. The zero-order chi connectivity index (χ0) is 13.4. The molecule has 0 saturated heterocycles. The van der Waals surface area contributed by atoms with E-state index in [0.29, 0.717) is 10.8 Å². The zero-order valence-electron chi connectivity index (χ0n) is 10.4. The molecule has 20 heavy (non-hydrogen) atoms. The lowest BCUT2D eigenvalue weighted by Gasteiger charge is -2.02. The Hall–Kier alpha value is -2.40. The number of rotatable bonds is 2. The minimum absolute atomic E-state index is 0.697. The second-order valence-corrected chi connectivity index (χ2v) is 5.44. The molecule has 0 amide bonds. The van der Waals surface area contributed by atoms with Crippen molar-refractivity contribution < 1.29 is 0 Å². The van der Waals surface area contributed by atoms with Gasteiger partial charge in [0.05, 0.1) is 12.5 Å². The van der Waals surface area contributed by atoms with Crippen molar-refractivity contribution in [3.63, 3.8) is 0 Å². The summed E-state index contributed by atoms with van der Waals surface area (Å²) in [6.07, 6.45) is 3.39. The van der Waals surface area contributed by atoms with Gasteiger partial charge in [-0.15, -0.1) is 0 Å². The van der Waals surface area contributed by atoms with Gasteiger partial charge < -0.3 is 4.98 Å². The Morgan fingerprint density at radius 1 is 0.950 bits per heavy atom. The first kappa shape index (κ1) is 11.4. The SMILES string of the molecule is c1ccc2cc(Sc3ncc4[nH]cnc4n3)ccc2c1. The van der Waals surface area contributed by atoms with Gasteiger partial charge in [0.1, 0.15) is 5.52 Å². The lowest BCUT2D eigenvalue weighted by atomic mass is 10.1. The van der Waals surface area contributed by atoms with E-state index in [4.69, 9.17) is 0 Å². The third-order valence-corrected chi connectivity index (χ3v) is 3.95. The van der Waals surface area contributed by atoms with Gasteiger partial charge in [0.2, 0.25) is 0 Å². The largest absolute Gasteiger partial charge is 0.342 e. The monoisotopic (exact) mass is 278 g/mol. The van der Waals surface area contributed by atoms with Gasteiger partial charge in [-0.1, -0.05) is 30.3 Å². The van der Waals surface area contributed by atoms with Crippen LogP contribution in [0.5, 0.6) is 0 Å². The molecule has 1 N–H and O–H groups in total. The van der Waals surface area contributed by atoms with Crippen LogP contribution in [0.25, 0.3) is 21.9 Å². The minimum atomic E-state index is 0.697. The van der Waals surface area contributed by atoms with Crippen LogP contribution >= 0.6 is 11.8 Å². The van der Waals surface area contributed by atoms with Gasteiger partial charge in [0, 0.05) is 4.90 Å². The molecule has 0 radical (unpaired) electrons. The molecule has 0 aliphatic heterocycles. The predicted molar refractivity (Wildman–Crippen MR) is 79.8 cm³/mol. The molecule has 2 aromatic carbocycles. The number of imidazole rings is 1. The second kappa shape index (κ2) is 4.61. The fourth-order valence-electron chi connectivity index (χ4n) is 2.11. The molecule has 0 aliphatic carbocycles. The van der Waals surface area contributed by atoms with Crippen molar-refractivity contribution in [3.8, 4) is 0 Å². The molecular weight excluding hydrogens is 268 g/mol. The van der Waals surface area contributed by atoms with Crippen LogP contribution < -0.4 is 0 Å². The Balaban J connectivity index is 1.72. The highest BCUT2D eigenvalue weighted by molar-refractivity contribution is 7.99. The van der Waals surface area contributed by atoms with Crippen LogP contribution in [0.15, 0.2) is 65.0 Å². The highest BCUT2D eigenvalue weighted by Gasteiger charge is 2.04. The van der Waals surface area contributed by atoms with E-state index >= 15 is 0 Å². The molecule has 0 spiro atoms. The standard InChI is InChI=1S/C15H10N4S/c1-2-4-11-7-12(6-5-10(11)3-1)20-15-16-8-13-14(19-15)18-9-17-13/h1-9H,(H,16,17,18,19). The van der Waals surface area contributed by atoms with E-state index in [1.54, 1.807) is 24.3 Å². The van der Waals surface area contributed by atoms with Crippen LogP contribution in [-0.4, -0.2) is 19.9 Å². The summed E-state index contributed by atoms with van der Waals surface area (Å²) >= 11 is 1.54. The molecule has 0 saturated carbocycles. The predicted octanol–water partition coefficient (Wildman–Crippen LogP) is 3.66. The minimum Gasteiger partial charge on any atom is -0.342 e. The fourth-order valence-corrected chi connectivity index (χ4v) is 2.88. The van der Waals surface area contributed by atoms with Gasteiger partial charge in [0.15, 0.2) is 10.8 Å². The van der Waals surface area contributed by atoms with Gasteiger partial charge in [-0.3, -0.25) is 0 Å². The van der Waals surface area contributed by atoms with Gasteiger partial charge in [0.25, 0.3) is 0 Å². The van der Waals surface area contributed by atoms with Gasteiger partial charge in [-0.2, -0.15) is 0 Å². The number of nitrogens with one attached hydrogen (secondary N) is 1. The summed E-state index contributed by atoms with van der Waals surface area (Å²) in [7, 11) is 0. The highest BCUT2D eigenvalue weighted by Crippen LogP contribution is 2.28. The van der Waals surface area contributed by atoms with Crippen molar-refractivity contribution in [3.05, 3.63) is 55.0 Å². The number of aromatic nitrogens is 4. The third-order valence-electron chi connectivity index (χ3n) is 3.08. The van der Waals surface area contributed by atoms with Crippen LogP contribution in [0.2, 0.25) is 0 Å². The summed E-state index contributed by atoms with van der Waals surface area (Å²) < 4.78 is 0. The molecule has 5 heteroatoms. The number of hydrogen-bond acceptors (Lipinski definition) is 4. The summed E-state index contributed by atoms with van der Waals surface area (Å²) in [6, 6.07) is 14.7. The van der Waals surface area contributed by atoms with Gasteiger partial charge in [-0.05, 0) is 34.7 Å². The first-order valence-corrected chi connectivity index (χ1v) is 7.03. The molecule has 0 fully saturated rings. The maximum atomic E-state index is 4.42. The maximum Gasteiger partial charge on any atom is 0.194 e. The molecule has 0 bridgehead atoms. The first-order valence-electron chi connectivity index (χ1n) is 6.21. The molecule has 0 atom stereocenters. The average molecular weight is 278 g/mol. The first-order chi connectivity index (χ1) is 9.88. The molecule has 4 nitrogen and oxygen atoms in total. The lowest BCUT2D eigenvalue weighted by molar-refractivity contribution is 0.993. The highest BCUT2D eigenvalue weighted by atomic mass is 32.2. The summed E-state index contributed by atoms with van der Waals surface area (Å²) in [5, 5.41) is 3.17. The van der Waals surface area contributed by atoms with Crippen molar-refractivity contribution >= 4 is 33.7 Å². The Morgan fingerprint density at radius 2 is 1.85 bits per heavy atom. The number of nitrogens with zero attached hydrogens (tertiary/aromatic N) is 3. The van der Waals surface area contributed by atoms with Gasteiger partial charge >= 0.3 is 0 Å². The van der Waals surface area contributed by atoms with E-state index in [0.717, 1.165) is 10.4 Å². The van der Waals surface area contributed by atoms with Crippen LogP contribution in [0.3, 0.4) is 0 Å². The Bertz CT molecular complexity index is 900. The molecule has 0 unspecified atom stereocenters.